The van der Waals surface area contributed by atoms with E-state index in [1.165, 1.54) is 25.7 Å². The van der Waals surface area contributed by atoms with Crippen molar-refractivity contribution >= 4 is 6.34 Å². The topological polar surface area (TPSA) is 35.7 Å². The van der Waals surface area contributed by atoms with Gasteiger partial charge in [-0.15, -0.1) is 0 Å². The van der Waals surface area contributed by atoms with Gasteiger partial charge in [-0.05, 0) is 69.2 Å². The highest BCUT2D eigenvalue weighted by molar-refractivity contribution is 5.51. The predicted molar refractivity (Wildman–Crippen MR) is 151 cm³/mol. The fourth-order valence-electron chi connectivity index (χ4n) is 5.39. The van der Waals surface area contributed by atoms with Crippen molar-refractivity contribution in [1.29, 1.82) is 0 Å². The van der Waals surface area contributed by atoms with Crippen LogP contribution in [0.5, 0.6) is 5.75 Å². The van der Waals surface area contributed by atoms with Gasteiger partial charge in [0.05, 0.1) is 20.2 Å². The summed E-state index contributed by atoms with van der Waals surface area (Å²) in [7, 11) is 2.12. The molecule has 0 aromatic heterocycles. The highest BCUT2D eigenvalue weighted by Crippen LogP contribution is 2.51. The van der Waals surface area contributed by atoms with Crippen molar-refractivity contribution in [3.63, 3.8) is 0 Å². The summed E-state index contributed by atoms with van der Waals surface area (Å²) in [5.74, 6) is 0.356. The van der Waals surface area contributed by atoms with Gasteiger partial charge in [0, 0.05) is 5.56 Å². The minimum absolute atomic E-state index is 0.188. The summed E-state index contributed by atoms with van der Waals surface area (Å²) in [6.07, 6.45) is 0.483. The third kappa shape index (κ3) is 9.26. The third-order valence-electron chi connectivity index (χ3n) is 7.99. The molecule has 236 valence electrons. The number of likely N-dealkylation sites (N-methyl/N-ethyl adjacent to an activating group) is 1. The molecule has 0 amide bonds. The number of rotatable bonds is 17. The Morgan fingerprint density at radius 1 is 0.829 bits per heavy atom. The van der Waals surface area contributed by atoms with Crippen LogP contribution in [0.1, 0.15) is 109 Å². The van der Waals surface area contributed by atoms with Crippen LogP contribution in [-0.4, -0.2) is 65.6 Å². The van der Waals surface area contributed by atoms with Crippen molar-refractivity contribution < 1.29 is 40.8 Å². The van der Waals surface area contributed by atoms with E-state index in [1.54, 1.807) is 13.8 Å². The van der Waals surface area contributed by atoms with Crippen LogP contribution in [0.3, 0.4) is 0 Å². The molecule has 1 aromatic carbocycles. The number of halogens is 6. The number of hydrogen-bond acceptors (Lipinski definition) is 3. The van der Waals surface area contributed by atoms with Crippen LogP contribution >= 0.6 is 0 Å². The maximum atomic E-state index is 13.6. The predicted octanol–water partition coefficient (Wildman–Crippen LogP) is 8.17. The number of aryl methyl sites for hydroxylation is 2. The maximum absolute atomic E-state index is 13.6. The molecule has 1 aliphatic heterocycles. The number of benzene rings is 1. The summed E-state index contributed by atoms with van der Waals surface area (Å²) in [5.41, 5.74) is -5.42. The molecular formula is C31H49F6N2O2+. The number of aliphatic hydroxyl groups is 1. The zero-order chi connectivity index (χ0) is 30.9. The number of ether oxygens (including phenoxy) is 1. The lowest BCUT2D eigenvalue weighted by Crippen LogP contribution is -2.54. The van der Waals surface area contributed by atoms with Gasteiger partial charge in [-0.1, -0.05) is 58.8 Å². The molecule has 0 fully saturated rings. The number of nitrogens with zero attached hydrogens (tertiary/aromatic N) is 2. The summed E-state index contributed by atoms with van der Waals surface area (Å²) in [6, 6.07) is 1.64. The molecule has 0 unspecified atom stereocenters. The molecular weight excluding hydrogens is 546 g/mol. The molecule has 0 saturated heterocycles. The smallest absolute Gasteiger partial charge is 0.430 e. The Labute approximate surface area is 241 Å². The van der Waals surface area contributed by atoms with E-state index in [2.05, 4.69) is 36.7 Å². The van der Waals surface area contributed by atoms with Gasteiger partial charge < -0.3 is 9.84 Å². The SMILES string of the molecule is CCCc1cc(C(O)(C(F)(F)F)C(F)(F)F)cc(CCC)c1OCCCCCCCCCCN1C=[N+](C)C(C)(C)C1. The summed E-state index contributed by atoms with van der Waals surface area (Å²) in [6.45, 7) is 10.5. The normalized spacial score (nSPS) is 15.9. The molecule has 4 nitrogen and oxygen atoms in total. The number of hydrogen-bond donors (Lipinski definition) is 1. The van der Waals surface area contributed by atoms with Crippen molar-refractivity contribution in [2.75, 3.05) is 26.7 Å². The first kappa shape index (κ1) is 35.2. The average Bonchev–Trinajstić information content (AvgIpc) is 3.12. The van der Waals surface area contributed by atoms with Gasteiger partial charge in [0.15, 0.2) is 0 Å². The second-order valence-corrected chi connectivity index (χ2v) is 12.0. The molecule has 10 heteroatoms. The molecule has 41 heavy (non-hydrogen) atoms. The van der Waals surface area contributed by atoms with Crippen LogP contribution < -0.4 is 4.74 Å². The fourth-order valence-corrected chi connectivity index (χ4v) is 5.39. The highest BCUT2D eigenvalue weighted by atomic mass is 19.4. The van der Waals surface area contributed by atoms with E-state index in [9.17, 15) is 31.4 Å². The van der Waals surface area contributed by atoms with Gasteiger partial charge in [-0.3, -0.25) is 9.48 Å². The van der Waals surface area contributed by atoms with Crippen LogP contribution in [0, 0.1) is 0 Å². The standard InChI is InChI=1S/C31H49F6N2O2/c1-6-16-24-20-26(29(40,30(32,33)34)31(35,36)37)21-25(17-7-2)27(24)41-19-15-13-11-9-8-10-12-14-18-39-22-28(3,4)38(5)23-39/h20-21,23,40H,6-19,22H2,1-5H3/q+1. The van der Waals surface area contributed by atoms with E-state index >= 15 is 0 Å². The van der Waals surface area contributed by atoms with Crippen LogP contribution in [0.4, 0.5) is 26.3 Å². The molecule has 1 N–H and O–H groups in total. The van der Waals surface area contributed by atoms with E-state index < -0.39 is 23.5 Å². The van der Waals surface area contributed by atoms with E-state index in [1.807, 2.05) is 0 Å². The van der Waals surface area contributed by atoms with Gasteiger partial charge in [-0.2, -0.15) is 26.3 Å². The van der Waals surface area contributed by atoms with Crippen molar-refractivity contribution in [3.05, 3.63) is 28.8 Å². The third-order valence-corrected chi connectivity index (χ3v) is 7.99. The monoisotopic (exact) mass is 595 g/mol. The lowest BCUT2D eigenvalue weighted by molar-refractivity contribution is -0.559. The molecule has 2 rings (SSSR count). The van der Waals surface area contributed by atoms with E-state index in [0.717, 1.165) is 50.9 Å². The summed E-state index contributed by atoms with van der Waals surface area (Å²) in [5, 5.41) is 9.98. The second kappa shape index (κ2) is 15.0. The molecule has 0 aliphatic carbocycles. The lowest BCUT2D eigenvalue weighted by atomic mass is 9.87. The minimum Gasteiger partial charge on any atom is -0.493 e. The first-order valence-corrected chi connectivity index (χ1v) is 15.0. The Balaban J connectivity index is 1.86. The zero-order valence-electron chi connectivity index (χ0n) is 25.4. The van der Waals surface area contributed by atoms with Crippen molar-refractivity contribution in [2.24, 2.45) is 0 Å². The Morgan fingerprint density at radius 2 is 1.29 bits per heavy atom. The number of alkyl halides is 6. The van der Waals surface area contributed by atoms with Crippen LogP contribution in [0.25, 0.3) is 0 Å². The van der Waals surface area contributed by atoms with Gasteiger partial charge >= 0.3 is 12.4 Å². The van der Waals surface area contributed by atoms with Gasteiger partial charge in [0.2, 0.25) is 6.34 Å². The van der Waals surface area contributed by atoms with E-state index in [0.29, 0.717) is 25.2 Å². The minimum atomic E-state index is -5.92. The molecule has 0 saturated carbocycles. The fraction of sp³-hybridized carbons (Fsp3) is 0.774. The van der Waals surface area contributed by atoms with Crippen LogP contribution in [0.15, 0.2) is 12.1 Å². The Bertz CT molecular complexity index is 947. The first-order valence-electron chi connectivity index (χ1n) is 15.0. The van der Waals surface area contributed by atoms with Gasteiger partial charge in [0.1, 0.15) is 17.8 Å². The van der Waals surface area contributed by atoms with Crippen molar-refractivity contribution in [1.82, 2.24) is 4.90 Å². The summed E-state index contributed by atoms with van der Waals surface area (Å²) in [4.78, 5) is 2.39. The molecule has 1 aromatic rings. The molecule has 1 aliphatic rings. The van der Waals surface area contributed by atoms with Crippen LogP contribution in [0.2, 0.25) is 0 Å². The van der Waals surface area contributed by atoms with E-state index in [4.69, 9.17) is 4.74 Å². The molecule has 0 spiro atoms. The lowest BCUT2D eigenvalue weighted by Gasteiger charge is -2.33. The Morgan fingerprint density at radius 3 is 1.71 bits per heavy atom. The first-order chi connectivity index (χ1) is 19.1. The highest BCUT2D eigenvalue weighted by Gasteiger charge is 2.71. The van der Waals surface area contributed by atoms with Crippen LogP contribution in [-0.2, 0) is 18.4 Å². The summed E-state index contributed by atoms with van der Waals surface area (Å²) < 4.78 is 89.6. The molecule has 0 atom stereocenters. The molecule has 0 bridgehead atoms. The quantitative estimate of drug-likeness (QED) is 0.112. The van der Waals surface area contributed by atoms with Crippen molar-refractivity contribution in [2.45, 2.75) is 128 Å². The maximum Gasteiger partial charge on any atom is 0.430 e. The molecule has 1 heterocycles. The van der Waals surface area contributed by atoms with Crippen molar-refractivity contribution in [3.8, 4) is 5.75 Å². The van der Waals surface area contributed by atoms with E-state index in [-0.39, 0.29) is 29.5 Å². The Kier molecular flexibility index (Phi) is 12.9. The largest absolute Gasteiger partial charge is 0.493 e. The second-order valence-electron chi connectivity index (χ2n) is 12.0. The van der Waals surface area contributed by atoms with Gasteiger partial charge in [0.25, 0.3) is 5.60 Å². The molecule has 0 radical (unpaired) electrons. The average molecular weight is 596 g/mol. The zero-order valence-corrected chi connectivity index (χ0v) is 25.4. The summed E-state index contributed by atoms with van der Waals surface area (Å²) >= 11 is 0. The Hall–Kier alpha value is -1.97. The van der Waals surface area contributed by atoms with Gasteiger partial charge in [-0.25, -0.2) is 0 Å². The number of unbranched alkanes of at least 4 members (excludes halogenated alkanes) is 7.